The van der Waals surface area contributed by atoms with Gasteiger partial charge in [-0.3, -0.25) is 0 Å². The van der Waals surface area contributed by atoms with Crippen LogP contribution in [0.1, 0.15) is 20.3 Å². The van der Waals surface area contributed by atoms with E-state index in [0.29, 0.717) is 0 Å². The molecule has 1 heterocycles. The molecule has 1 rings (SSSR count). The van der Waals surface area contributed by atoms with Crippen LogP contribution in [0.15, 0.2) is 21.8 Å². The van der Waals surface area contributed by atoms with Crippen molar-refractivity contribution in [3.05, 3.63) is 21.8 Å². The number of halogens is 1. The first-order chi connectivity index (χ1) is 4.84. The summed E-state index contributed by atoms with van der Waals surface area (Å²) in [5, 5.41) is 0. The summed E-state index contributed by atoms with van der Waals surface area (Å²) in [5.41, 5.74) is 1.51. The minimum absolute atomic E-state index is 0.275. The molecule has 0 aromatic rings. The Morgan fingerprint density at radius 1 is 1.60 bits per heavy atom. The Morgan fingerprint density at radius 3 is 2.90 bits per heavy atom. The zero-order valence-electron chi connectivity index (χ0n) is 6.47. The van der Waals surface area contributed by atoms with Gasteiger partial charge in [0.15, 0.2) is 0 Å². The van der Waals surface area contributed by atoms with E-state index in [1.807, 2.05) is 0 Å². The zero-order chi connectivity index (χ0) is 7.40. The fourth-order valence-electron chi connectivity index (χ4n) is 0.880. The van der Waals surface area contributed by atoms with Crippen LogP contribution in [0.2, 0.25) is 0 Å². The van der Waals surface area contributed by atoms with Gasteiger partial charge < -0.3 is 0 Å². The van der Waals surface area contributed by atoms with Crippen LogP contribution in [-0.2, 0) is 0 Å². The van der Waals surface area contributed by atoms with Crippen molar-refractivity contribution in [3.63, 3.8) is 0 Å². The van der Waals surface area contributed by atoms with Crippen molar-refractivity contribution in [2.24, 2.45) is 5.92 Å². The van der Waals surface area contributed by atoms with Crippen LogP contribution in [0, 0.1) is 5.92 Å². The van der Waals surface area contributed by atoms with Gasteiger partial charge in [0.2, 0.25) is 0 Å². The lowest BCUT2D eigenvalue weighted by molar-refractivity contribution is 0.671. The molecule has 56 valence electrons. The van der Waals surface area contributed by atoms with Gasteiger partial charge in [-0.15, -0.1) is 0 Å². The van der Waals surface area contributed by atoms with E-state index in [2.05, 4.69) is 34.1 Å². The van der Waals surface area contributed by atoms with Gasteiger partial charge in [-0.25, -0.2) is 0 Å². The summed E-state index contributed by atoms with van der Waals surface area (Å²) >= 11 is 0.275. The minimum atomic E-state index is 0.275. The lowest BCUT2D eigenvalue weighted by Crippen LogP contribution is -1.95. The quantitative estimate of drug-likeness (QED) is 0.658. The topological polar surface area (TPSA) is 0 Å². The Morgan fingerprint density at radius 2 is 2.40 bits per heavy atom. The smallest absolute Gasteiger partial charge is 0.0193 e. The zero-order valence-corrected chi connectivity index (χ0v) is 8.63. The van der Waals surface area contributed by atoms with Crippen LogP contribution in [0.5, 0.6) is 0 Å². The van der Waals surface area contributed by atoms with E-state index in [1.54, 1.807) is 0 Å². The summed E-state index contributed by atoms with van der Waals surface area (Å²) in [7, 11) is 0. The maximum absolute atomic E-state index is 2.33. The summed E-state index contributed by atoms with van der Waals surface area (Å²) in [6.45, 7) is 4.52. The molecule has 0 aromatic heterocycles. The molecular weight excluding hydrogens is 235 g/mol. The highest BCUT2D eigenvalue weighted by atomic mass is 127. The maximum atomic E-state index is 2.33. The molecule has 0 bridgehead atoms. The molecule has 1 aliphatic rings. The number of hydrogen-bond acceptors (Lipinski definition) is 0. The third kappa shape index (κ3) is 2.04. The molecular formula is C9H13I. The van der Waals surface area contributed by atoms with Gasteiger partial charge in [0.1, 0.15) is 0 Å². The highest BCUT2D eigenvalue weighted by Gasteiger charge is 2.02. The molecule has 0 fully saturated rings. The van der Waals surface area contributed by atoms with Crippen LogP contribution in [-0.4, -0.2) is 4.01 Å². The van der Waals surface area contributed by atoms with Crippen molar-refractivity contribution in [3.8, 4) is 0 Å². The van der Waals surface area contributed by atoms with Gasteiger partial charge in [-0.1, -0.05) is 46.7 Å². The Hall–Kier alpha value is 0.0800. The monoisotopic (exact) mass is 248 g/mol. The van der Waals surface area contributed by atoms with Gasteiger partial charge in [0.05, 0.1) is 0 Å². The highest BCUT2D eigenvalue weighted by Crippen LogP contribution is 2.19. The van der Waals surface area contributed by atoms with Crippen LogP contribution < -0.4 is 0 Å². The Labute approximate surface area is 72.8 Å². The molecule has 1 heteroatoms. The first kappa shape index (κ1) is 8.18. The Bertz CT molecular complexity index is 187. The molecule has 0 aliphatic carbocycles. The lowest BCUT2D eigenvalue weighted by Gasteiger charge is -2.09. The van der Waals surface area contributed by atoms with Crippen molar-refractivity contribution in [1.82, 2.24) is 0 Å². The second-order valence-electron chi connectivity index (χ2n) is 2.52. The van der Waals surface area contributed by atoms with Gasteiger partial charge >= 0.3 is 0 Å². The summed E-state index contributed by atoms with van der Waals surface area (Å²) in [6.07, 6.45) is 5.84. The molecule has 0 radical (unpaired) electrons. The van der Waals surface area contributed by atoms with Crippen LogP contribution in [0.25, 0.3) is 0 Å². The molecule has 0 aromatic carbocycles. The van der Waals surface area contributed by atoms with E-state index < -0.39 is 0 Å². The van der Waals surface area contributed by atoms with Gasteiger partial charge in [-0.05, 0) is 26.0 Å². The fraction of sp³-hybridized carbons (Fsp3) is 0.444. The SMILES string of the molecule is CCC(C)C1=CC=IC=C1. The second-order valence-corrected chi connectivity index (χ2v) is 4.68. The van der Waals surface area contributed by atoms with Crippen molar-refractivity contribution in [2.75, 3.05) is 0 Å². The van der Waals surface area contributed by atoms with Crippen molar-refractivity contribution < 1.29 is 0 Å². The van der Waals surface area contributed by atoms with E-state index in [9.17, 15) is 0 Å². The molecule has 0 spiro atoms. The van der Waals surface area contributed by atoms with Crippen LogP contribution >= 0.6 is 20.7 Å². The minimum Gasteiger partial charge on any atom is -0.0937 e. The molecule has 10 heavy (non-hydrogen) atoms. The largest absolute Gasteiger partial charge is 0.0937 e. The summed E-state index contributed by atoms with van der Waals surface area (Å²) in [6, 6.07) is 0. The summed E-state index contributed by atoms with van der Waals surface area (Å²) < 4.78 is 4.67. The third-order valence-corrected chi connectivity index (χ3v) is 3.39. The summed E-state index contributed by atoms with van der Waals surface area (Å²) in [4.78, 5) is 0. The first-order valence-corrected chi connectivity index (χ1v) is 6.15. The van der Waals surface area contributed by atoms with Crippen molar-refractivity contribution in [1.29, 1.82) is 0 Å². The van der Waals surface area contributed by atoms with Gasteiger partial charge in [0.25, 0.3) is 0 Å². The predicted octanol–water partition coefficient (Wildman–Crippen LogP) is 3.26. The normalized spacial score (nSPS) is 19.6. The maximum Gasteiger partial charge on any atom is -0.0193 e. The Kier molecular flexibility index (Phi) is 3.32. The molecule has 0 nitrogen and oxygen atoms in total. The number of hydrogen-bond donors (Lipinski definition) is 0. The van der Waals surface area contributed by atoms with Crippen molar-refractivity contribution >= 4 is 24.7 Å². The van der Waals surface area contributed by atoms with E-state index in [0.717, 1.165) is 5.92 Å². The average Bonchev–Trinajstić information content (AvgIpc) is 2.05. The predicted molar refractivity (Wildman–Crippen MR) is 56.8 cm³/mol. The van der Waals surface area contributed by atoms with Crippen molar-refractivity contribution in [2.45, 2.75) is 20.3 Å². The molecule has 0 amide bonds. The standard InChI is InChI=1S/C9H13I/c1-3-8(2)9-4-6-10-7-5-9/h4-8H,3H2,1-2H3. The van der Waals surface area contributed by atoms with E-state index >= 15 is 0 Å². The van der Waals surface area contributed by atoms with E-state index in [1.165, 1.54) is 12.0 Å². The molecule has 0 saturated heterocycles. The van der Waals surface area contributed by atoms with E-state index in [4.69, 9.17) is 0 Å². The van der Waals surface area contributed by atoms with Crippen LogP contribution in [0.3, 0.4) is 0 Å². The third-order valence-electron chi connectivity index (χ3n) is 1.84. The van der Waals surface area contributed by atoms with E-state index in [-0.39, 0.29) is 20.7 Å². The molecule has 1 atom stereocenters. The van der Waals surface area contributed by atoms with Crippen LogP contribution in [0.4, 0.5) is 0 Å². The lowest BCUT2D eigenvalue weighted by atomic mass is 9.99. The molecule has 0 saturated carbocycles. The van der Waals surface area contributed by atoms with Gasteiger partial charge in [-0.2, -0.15) is 0 Å². The number of rotatable bonds is 2. The average molecular weight is 248 g/mol. The summed E-state index contributed by atoms with van der Waals surface area (Å²) in [5.74, 6) is 0.747. The Balaban J connectivity index is 2.65. The molecule has 0 N–H and O–H groups in total. The van der Waals surface area contributed by atoms with Gasteiger partial charge in [0, 0.05) is 0 Å². The second kappa shape index (κ2) is 4.06. The fourth-order valence-corrected chi connectivity index (χ4v) is 2.37. The molecule has 1 aliphatic heterocycles. The highest BCUT2D eigenvalue weighted by molar-refractivity contribution is 14.2. The molecule has 1 unspecified atom stereocenters. The number of allylic oxidation sites excluding steroid dienone is 3. The first-order valence-electron chi connectivity index (χ1n) is 3.66.